The second-order valence-corrected chi connectivity index (χ2v) is 7.12. The van der Waals surface area contributed by atoms with Crippen LogP contribution in [0.5, 0.6) is 0 Å². The van der Waals surface area contributed by atoms with Crippen molar-refractivity contribution in [3.05, 3.63) is 54.0 Å². The first-order chi connectivity index (χ1) is 12.8. The molecule has 2 aliphatic heterocycles. The largest absolute Gasteiger partial charge is 0.370 e. The summed E-state index contributed by atoms with van der Waals surface area (Å²) >= 11 is 0. The number of rotatable bonds is 3. The van der Waals surface area contributed by atoms with E-state index in [0.29, 0.717) is 5.69 Å². The third-order valence-electron chi connectivity index (χ3n) is 5.20. The molecule has 1 unspecified atom stereocenters. The summed E-state index contributed by atoms with van der Waals surface area (Å²) in [6, 6.07) is 11.9. The van der Waals surface area contributed by atoms with Crippen molar-refractivity contribution in [3.63, 3.8) is 0 Å². The Morgan fingerprint density at radius 3 is 2.88 bits per heavy atom. The molecule has 0 saturated carbocycles. The Hall–Kier alpha value is -2.49. The Bertz CT molecular complexity index is 786. The molecule has 0 aromatic carbocycles. The number of hydrogen-bond donors (Lipinski definition) is 0. The molecule has 6 nitrogen and oxygen atoms in total. The molecule has 0 amide bonds. The average molecular weight is 349 g/mol. The number of pyridine rings is 2. The van der Waals surface area contributed by atoms with Crippen molar-refractivity contribution in [2.45, 2.75) is 25.0 Å². The second kappa shape index (κ2) is 7.40. The number of anilines is 1. The minimum atomic E-state index is -0.159. The lowest BCUT2D eigenvalue weighted by Gasteiger charge is -2.48. The zero-order chi connectivity index (χ0) is 17.8. The Morgan fingerprint density at radius 2 is 2.04 bits per heavy atom. The molecule has 0 bridgehead atoms. The summed E-state index contributed by atoms with van der Waals surface area (Å²) in [7, 11) is 0. The van der Waals surface area contributed by atoms with Crippen molar-refractivity contribution in [1.82, 2.24) is 14.9 Å². The van der Waals surface area contributed by atoms with Crippen LogP contribution in [0.3, 0.4) is 0 Å². The zero-order valence-electron chi connectivity index (χ0n) is 14.8. The van der Waals surface area contributed by atoms with E-state index in [-0.39, 0.29) is 5.60 Å². The average Bonchev–Trinajstić information content (AvgIpc) is 2.69. The van der Waals surface area contributed by atoms with Crippen LogP contribution in [-0.2, 0) is 11.3 Å². The van der Waals surface area contributed by atoms with Gasteiger partial charge >= 0.3 is 0 Å². The summed E-state index contributed by atoms with van der Waals surface area (Å²) in [6.45, 7) is 5.33. The molecular formula is C20H23N5O. The van der Waals surface area contributed by atoms with Gasteiger partial charge in [-0.2, -0.15) is 5.26 Å². The monoisotopic (exact) mass is 349 g/mol. The summed E-state index contributed by atoms with van der Waals surface area (Å²) in [5.41, 5.74) is 1.59. The van der Waals surface area contributed by atoms with Crippen molar-refractivity contribution in [3.8, 4) is 6.07 Å². The van der Waals surface area contributed by atoms with Crippen LogP contribution >= 0.6 is 0 Å². The third kappa shape index (κ3) is 3.69. The lowest BCUT2D eigenvalue weighted by atomic mass is 9.90. The highest BCUT2D eigenvalue weighted by molar-refractivity contribution is 5.42. The summed E-state index contributed by atoms with van der Waals surface area (Å²) in [6.07, 6.45) is 5.83. The molecule has 2 aromatic heterocycles. The highest BCUT2D eigenvalue weighted by Crippen LogP contribution is 2.31. The van der Waals surface area contributed by atoms with Gasteiger partial charge in [-0.05, 0) is 42.7 Å². The number of ether oxygens (including phenoxy) is 1. The van der Waals surface area contributed by atoms with Gasteiger partial charge in [0, 0.05) is 45.1 Å². The lowest BCUT2D eigenvalue weighted by Crippen LogP contribution is -2.59. The molecule has 2 aromatic rings. The topological polar surface area (TPSA) is 65.3 Å². The molecule has 26 heavy (non-hydrogen) atoms. The maximum Gasteiger partial charge on any atom is 0.142 e. The first kappa shape index (κ1) is 17.0. The minimum absolute atomic E-state index is 0.159. The Balaban J connectivity index is 1.47. The van der Waals surface area contributed by atoms with E-state index in [1.165, 1.54) is 5.56 Å². The number of nitriles is 1. The second-order valence-electron chi connectivity index (χ2n) is 7.12. The molecule has 2 fully saturated rings. The number of hydrogen-bond acceptors (Lipinski definition) is 6. The van der Waals surface area contributed by atoms with Crippen molar-refractivity contribution < 1.29 is 4.74 Å². The van der Waals surface area contributed by atoms with Gasteiger partial charge in [0.2, 0.25) is 0 Å². The molecule has 4 rings (SSSR count). The fourth-order valence-electron chi connectivity index (χ4n) is 4.01. The van der Waals surface area contributed by atoms with E-state index < -0.39 is 0 Å². The van der Waals surface area contributed by atoms with Crippen LogP contribution in [0.4, 0.5) is 5.82 Å². The summed E-state index contributed by atoms with van der Waals surface area (Å²) < 4.78 is 6.29. The van der Waals surface area contributed by atoms with Gasteiger partial charge in [0.1, 0.15) is 17.6 Å². The predicted molar refractivity (Wildman–Crippen MR) is 98.6 cm³/mol. The lowest BCUT2D eigenvalue weighted by molar-refractivity contribution is -0.116. The van der Waals surface area contributed by atoms with E-state index in [9.17, 15) is 0 Å². The Morgan fingerprint density at radius 1 is 1.15 bits per heavy atom. The number of nitrogens with zero attached hydrogens (tertiary/aromatic N) is 5. The third-order valence-corrected chi connectivity index (χ3v) is 5.20. The molecule has 1 spiro atoms. The zero-order valence-corrected chi connectivity index (χ0v) is 14.8. The van der Waals surface area contributed by atoms with Crippen LogP contribution in [0.1, 0.15) is 24.1 Å². The smallest absolute Gasteiger partial charge is 0.142 e. The van der Waals surface area contributed by atoms with Crippen LogP contribution in [0.2, 0.25) is 0 Å². The van der Waals surface area contributed by atoms with Gasteiger partial charge in [0.05, 0.1) is 12.2 Å². The van der Waals surface area contributed by atoms with Crippen molar-refractivity contribution in [2.24, 2.45) is 0 Å². The normalized spacial score (nSPS) is 23.7. The van der Waals surface area contributed by atoms with Crippen LogP contribution in [0.15, 0.2) is 42.7 Å². The van der Waals surface area contributed by atoms with Gasteiger partial charge in [-0.1, -0.05) is 6.07 Å². The van der Waals surface area contributed by atoms with Gasteiger partial charge in [0.15, 0.2) is 0 Å². The van der Waals surface area contributed by atoms with E-state index in [1.54, 1.807) is 6.07 Å². The van der Waals surface area contributed by atoms with Crippen molar-refractivity contribution in [1.29, 1.82) is 5.26 Å². The molecule has 4 heterocycles. The summed E-state index contributed by atoms with van der Waals surface area (Å²) in [5.74, 6) is 0.873. The number of morpholine rings is 1. The van der Waals surface area contributed by atoms with Crippen molar-refractivity contribution in [2.75, 3.05) is 37.7 Å². The van der Waals surface area contributed by atoms with E-state index in [4.69, 9.17) is 10.00 Å². The Labute approximate surface area is 154 Å². The molecule has 1 atom stereocenters. The van der Waals surface area contributed by atoms with Gasteiger partial charge in [-0.25, -0.2) is 4.98 Å². The molecule has 2 aliphatic rings. The van der Waals surface area contributed by atoms with Crippen LogP contribution in [-0.4, -0.2) is 53.3 Å². The van der Waals surface area contributed by atoms with E-state index >= 15 is 0 Å². The van der Waals surface area contributed by atoms with Gasteiger partial charge < -0.3 is 9.64 Å². The standard InChI is InChI=1S/C20H23N5O/c21-13-18-3-1-4-19(23-18)25-10-2-7-20(16-25)15-24(11-12-26-20)14-17-5-8-22-9-6-17/h1,3-6,8-9H,2,7,10-12,14-16H2. The van der Waals surface area contributed by atoms with Crippen LogP contribution < -0.4 is 4.90 Å². The van der Waals surface area contributed by atoms with Gasteiger partial charge in [-0.3, -0.25) is 9.88 Å². The fraction of sp³-hybridized carbons (Fsp3) is 0.450. The van der Waals surface area contributed by atoms with E-state index in [0.717, 1.165) is 58.0 Å². The van der Waals surface area contributed by atoms with E-state index in [1.807, 2.05) is 24.5 Å². The SMILES string of the molecule is N#Cc1cccc(N2CCCC3(CN(Cc4ccncc4)CCO3)C2)n1. The highest BCUT2D eigenvalue weighted by Gasteiger charge is 2.40. The number of aromatic nitrogens is 2. The molecule has 2 saturated heterocycles. The minimum Gasteiger partial charge on any atom is -0.370 e. The number of piperidine rings is 1. The first-order valence-electron chi connectivity index (χ1n) is 9.14. The van der Waals surface area contributed by atoms with E-state index in [2.05, 4.69) is 38.0 Å². The first-order valence-corrected chi connectivity index (χ1v) is 9.14. The maximum atomic E-state index is 9.11. The van der Waals surface area contributed by atoms with Crippen LogP contribution in [0, 0.1) is 11.3 Å². The molecule has 0 aliphatic carbocycles. The molecule has 0 N–H and O–H groups in total. The molecule has 0 radical (unpaired) electrons. The molecule has 6 heteroatoms. The van der Waals surface area contributed by atoms with Crippen LogP contribution in [0.25, 0.3) is 0 Å². The van der Waals surface area contributed by atoms with Crippen molar-refractivity contribution >= 4 is 5.82 Å². The molecule has 134 valence electrons. The van der Waals surface area contributed by atoms with Gasteiger partial charge in [0.25, 0.3) is 0 Å². The molecular weight excluding hydrogens is 326 g/mol. The maximum absolute atomic E-state index is 9.11. The van der Waals surface area contributed by atoms with Gasteiger partial charge in [-0.15, -0.1) is 0 Å². The fourth-order valence-corrected chi connectivity index (χ4v) is 4.01. The Kier molecular flexibility index (Phi) is 4.83. The predicted octanol–water partition coefficient (Wildman–Crippen LogP) is 2.22. The quantitative estimate of drug-likeness (QED) is 0.847. The highest BCUT2D eigenvalue weighted by atomic mass is 16.5. The summed E-state index contributed by atoms with van der Waals surface area (Å²) in [4.78, 5) is 13.3. The summed E-state index contributed by atoms with van der Waals surface area (Å²) in [5, 5.41) is 9.11.